The summed E-state index contributed by atoms with van der Waals surface area (Å²) in [4.78, 5) is 19.1. The topological polar surface area (TPSA) is 113 Å². The van der Waals surface area contributed by atoms with Gasteiger partial charge in [-0.1, -0.05) is 12.1 Å². The number of nitrogen functional groups attached to an aromatic ring is 2. The van der Waals surface area contributed by atoms with Crippen molar-refractivity contribution >= 4 is 17.4 Å². The zero-order chi connectivity index (χ0) is 16.8. The van der Waals surface area contributed by atoms with Crippen molar-refractivity contribution < 1.29 is 14.3 Å². The molecule has 1 saturated carbocycles. The third-order valence-corrected chi connectivity index (χ3v) is 3.29. The minimum Gasteiger partial charge on any atom is -0.481 e. The molecule has 0 radical (unpaired) electrons. The highest BCUT2D eigenvalue weighted by Gasteiger charge is 2.31. The number of ketones is 1. The van der Waals surface area contributed by atoms with Crippen LogP contribution in [0.3, 0.4) is 0 Å². The molecule has 0 unspecified atom stereocenters. The number of para-hydroxylation sites is 1. The summed E-state index contributed by atoms with van der Waals surface area (Å²) in [6.07, 6.45) is 2.07. The van der Waals surface area contributed by atoms with Crippen molar-refractivity contribution in [2.45, 2.75) is 12.8 Å². The second-order valence-corrected chi connectivity index (χ2v) is 5.04. The second kappa shape index (κ2) is 7.44. The number of carbonyl (C=O) groups excluding carboxylic acids is 1. The number of aromatic nitrogens is 2. The molecule has 122 valence electrons. The van der Waals surface area contributed by atoms with Gasteiger partial charge in [0.2, 0.25) is 17.7 Å². The molecule has 7 nitrogen and oxygen atoms in total. The van der Waals surface area contributed by atoms with E-state index in [1.165, 1.54) is 14.2 Å². The van der Waals surface area contributed by atoms with Crippen LogP contribution in [0, 0.1) is 5.92 Å². The zero-order valence-electron chi connectivity index (χ0n) is 13.2. The minimum absolute atomic E-state index is 0.140. The highest BCUT2D eigenvalue weighted by atomic mass is 16.5. The van der Waals surface area contributed by atoms with Crippen molar-refractivity contribution in [2.75, 3.05) is 25.7 Å². The van der Waals surface area contributed by atoms with Crippen LogP contribution in [0.15, 0.2) is 30.3 Å². The zero-order valence-corrected chi connectivity index (χ0v) is 13.2. The molecule has 0 amide bonds. The lowest BCUT2D eigenvalue weighted by atomic mass is 10.1. The summed E-state index contributed by atoms with van der Waals surface area (Å²) in [6, 6.07) is 8.83. The van der Waals surface area contributed by atoms with E-state index < -0.39 is 0 Å². The van der Waals surface area contributed by atoms with Crippen LogP contribution >= 0.6 is 0 Å². The molecule has 0 aliphatic heterocycles. The van der Waals surface area contributed by atoms with Gasteiger partial charge in [0.1, 0.15) is 0 Å². The summed E-state index contributed by atoms with van der Waals surface area (Å²) in [5.74, 6) is 1.41. The summed E-state index contributed by atoms with van der Waals surface area (Å²) in [6.45, 7) is 0. The molecule has 1 heterocycles. The molecule has 7 heteroatoms. The van der Waals surface area contributed by atoms with E-state index in [-0.39, 0.29) is 17.6 Å². The van der Waals surface area contributed by atoms with Gasteiger partial charge in [0.15, 0.2) is 5.78 Å². The maximum Gasteiger partial charge on any atom is 0.226 e. The van der Waals surface area contributed by atoms with Gasteiger partial charge in [-0.25, -0.2) is 0 Å². The van der Waals surface area contributed by atoms with E-state index in [9.17, 15) is 4.79 Å². The van der Waals surface area contributed by atoms with Gasteiger partial charge in [-0.3, -0.25) is 4.79 Å². The van der Waals surface area contributed by atoms with Crippen LogP contribution in [0.1, 0.15) is 23.2 Å². The van der Waals surface area contributed by atoms with Crippen molar-refractivity contribution in [3.8, 4) is 11.8 Å². The molecule has 0 bridgehead atoms. The maximum absolute atomic E-state index is 11.5. The number of benzene rings is 1. The Kier molecular flexibility index (Phi) is 5.35. The summed E-state index contributed by atoms with van der Waals surface area (Å²) in [5.41, 5.74) is 12.3. The number of methoxy groups -OCH3 is 2. The van der Waals surface area contributed by atoms with Gasteiger partial charge in [-0.15, -0.1) is 0 Å². The van der Waals surface area contributed by atoms with E-state index in [0.29, 0.717) is 23.0 Å². The Hall–Kier alpha value is -2.83. The molecule has 1 aromatic carbocycles. The average Bonchev–Trinajstić information content (AvgIpc) is 3.39. The van der Waals surface area contributed by atoms with E-state index in [2.05, 4.69) is 9.97 Å². The number of hydrogen-bond donors (Lipinski definition) is 2. The number of ether oxygens (including phenoxy) is 2. The van der Waals surface area contributed by atoms with Crippen LogP contribution in [0.2, 0.25) is 0 Å². The lowest BCUT2D eigenvalue weighted by molar-refractivity contribution is 0.0968. The Morgan fingerprint density at radius 2 is 1.65 bits per heavy atom. The first kappa shape index (κ1) is 16.5. The van der Waals surface area contributed by atoms with E-state index in [0.717, 1.165) is 12.8 Å². The van der Waals surface area contributed by atoms with Crippen LogP contribution in [0.25, 0.3) is 0 Å². The Morgan fingerprint density at radius 1 is 1.09 bits per heavy atom. The average molecular weight is 316 g/mol. The first-order valence-corrected chi connectivity index (χ1v) is 7.16. The van der Waals surface area contributed by atoms with Crippen molar-refractivity contribution in [3.63, 3.8) is 0 Å². The molecule has 0 saturated heterocycles. The summed E-state index contributed by atoms with van der Waals surface area (Å²) >= 11 is 0. The van der Waals surface area contributed by atoms with Crippen molar-refractivity contribution in [1.29, 1.82) is 0 Å². The molecule has 3 rings (SSSR count). The Balaban J connectivity index is 0.000000168. The van der Waals surface area contributed by atoms with Crippen LogP contribution in [0.4, 0.5) is 11.6 Å². The maximum atomic E-state index is 11.5. The lowest BCUT2D eigenvalue weighted by Crippen LogP contribution is -2.04. The van der Waals surface area contributed by atoms with Crippen LogP contribution in [-0.4, -0.2) is 30.0 Å². The number of Topliss-reactive ketones (excluding diaryl/α,β-unsaturated/α-hetero) is 1. The quantitative estimate of drug-likeness (QED) is 0.654. The van der Waals surface area contributed by atoms with Crippen LogP contribution < -0.4 is 20.9 Å². The van der Waals surface area contributed by atoms with Crippen LogP contribution in [-0.2, 0) is 0 Å². The van der Waals surface area contributed by atoms with Gasteiger partial charge in [0.05, 0.1) is 20.3 Å². The highest BCUT2D eigenvalue weighted by Crippen LogP contribution is 2.33. The summed E-state index contributed by atoms with van der Waals surface area (Å²) in [5, 5.41) is 0. The van der Waals surface area contributed by atoms with E-state index in [4.69, 9.17) is 20.9 Å². The second-order valence-electron chi connectivity index (χ2n) is 5.04. The van der Waals surface area contributed by atoms with Gasteiger partial charge in [0, 0.05) is 17.2 Å². The Labute approximate surface area is 134 Å². The lowest BCUT2D eigenvalue weighted by Gasteiger charge is -2.01. The van der Waals surface area contributed by atoms with Crippen molar-refractivity contribution in [3.05, 3.63) is 35.9 Å². The number of nitrogens with two attached hydrogens (primary N) is 2. The summed E-state index contributed by atoms with van der Waals surface area (Å²) < 4.78 is 9.65. The molecule has 1 fully saturated rings. The monoisotopic (exact) mass is 316 g/mol. The Bertz CT molecular complexity index is 665. The standard InChI is InChI=1S/C10H11NO.C6H9N3O2/c11-9-4-2-1-3-8(9)10(12)7-5-6-7;1-10-4-3-5(11-2)9-6(7)8-4/h1-4,7H,5-6,11H2;3H,1-2H3,(H2,7,8,9). The fourth-order valence-corrected chi connectivity index (χ4v) is 1.92. The smallest absolute Gasteiger partial charge is 0.226 e. The summed E-state index contributed by atoms with van der Waals surface area (Å²) in [7, 11) is 3.00. The molecule has 1 aromatic heterocycles. The third kappa shape index (κ3) is 4.57. The van der Waals surface area contributed by atoms with E-state index in [1.807, 2.05) is 12.1 Å². The first-order chi connectivity index (χ1) is 11.0. The SMILES string of the molecule is COc1cc(OC)nc(N)n1.Nc1ccccc1C(=O)C1CC1. The fraction of sp³-hybridized carbons (Fsp3) is 0.312. The predicted octanol–water partition coefficient (Wildman–Crippen LogP) is 1.94. The third-order valence-electron chi connectivity index (χ3n) is 3.29. The largest absolute Gasteiger partial charge is 0.481 e. The highest BCUT2D eigenvalue weighted by molar-refractivity contribution is 6.03. The van der Waals surface area contributed by atoms with Crippen molar-refractivity contribution in [1.82, 2.24) is 9.97 Å². The molecular formula is C16H20N4O3. The van der Waals surface area contributed by atoms with E-state index in [1.54, 1.807) is 18.2 Å². The number of rotatable bonds is 4. The number of nitrogens with zero attached hydrogens (tertiary/aromatic N) is 2. The van der Waals surface area contributed by atoms with E-state index >= 15 is 0 Å². The van der Waals surface area contributed by atoms with Gasteiger partial charge < -0.3 is 20.9 Å². The minimum atomic E-state index is 0.140. The predicted molar refractivity (Wildman–Crippen MR) is 87.5 cm³/mol. The number of anilines is 2. The van der Waals surface area contributed by atoms with Gasteiger partial charge in [-0.2, -0.15) is 9.97 Å². The van der Waals surface area contributed by atoms with Gasteiger partial charge in [-0.05, 0) is 25.0 Å². The van der Waals surface area contributed by atoms with Gasteiger partial charge >= 0.3 is 0 Å². The van der Waals surface area contributed by atoms with Crippen molar-refractivity contribution in [2.24, 2.45) is 5.92 Å². The molecule has 0 atom stereocenters. The molecule has 1 aliphatic carbocycles. The molecule has 0 spiro atoms. The molecule has 23 heavy (non-hydrogen) atoms. The molecule has 4 N–H and O–H groups in total. The normalized spacial score (nSPS) is 12.8. The van der Waals surface area contributed by atoms with Crippen LogP contribution in [0.5, 0.6) is 11.8 Å². The molecular weight excluding hydrogens is 296 g/mol. The Morgan fingerprint density at radius 3 is 2.13 bits per heavy atom. The number of carbonyl (C=O) groups is 1. The number of hydrogen-bond acceptors (Lipinski definition) is 7. The van der Waals surface area contributed by atoms with Gasteiger partial charge in [0.25, 0.3) is 0 Å². The fourth-order valence-electron chi connectivity index (χ4n) is 1.92. The first-order valence-electron chi connectivity index (χ1n) is 7.16. The molecule has 2 aromatic rings. The molecule has 1 aliphatic rings.